The fourth-order valence-electron chi connectivity index (χ4n) is 7.26. The summed E-state index contributed by atoms with van der Waals surface area (Å²) in [7, 11) is 0. The van der Waals surface area contributed by atoms with E-state index in [0.29, 0.717) is 5.89 Å². The van der Waals surface area contributed by atoms with Gasteiger partial charge < -0.3 is 13.6 Å². The summed E-state index contributed by atoms with van der Waals surface area (Å²) in [6.07, 6.45) is 0. The van der Waals surface area contributed by atoms with E-state index in [0.717, 1.165) is 50.2 Å². The molecule has 0 N–H and O–H groups in total. The molecule has 220 valence electrons. The van der Waals surface area contributed by atoms with Crippen molar-refractivity contribution in [3.8, 4) is 34.0 Å². The summed E-state index contributed by atoms with van der Waals surface area (Å²) in [5, 5.41) is 4.84. The molecule has 0 fully saturated rings. The lowest BCUT2D eigenvalue weighted by molar-refractivity contribution is 0.620. The van der Waals surface area contributed by atoms with Gasteiger partial charge in [-0.15, -0.1) is 0 Å². The second-order valence-corrected chi connectivity index (χ2v) is 12.0. The van der Waals surface area contributed by atoms with Crippen LogP contribution < -0.4 is 0 Å². The van der Waals surface area contributed by atoms with Crippen molar-refractivity contribution in [3.63, 3.8) is 0 Å². The van der Waals surface area contributed by atoms with E-state index in [-0.39, 0.29) is 0 Å². The molecule has 0 atom stereocenters. The van der Waals surface area contributed by atoms with Crippen LogP contribution in [0.1, 0.15) is 0 Å². The van der Waals surface area contributed by atoms with Gasteiger partial charge in [-0.05, 0) is 77.9 Å². The maximum absolute atomic E-state index is 6.60. The van der Waals surface area contributed by atoms with Crippen LogP contribution in [0.2, 0.25) is 0 Å². The minimum atomic E-state index is 0.615. The van der Waals surface area contributed by atoms with Crippen LogP contribution in [0.15, 0.2) is 168 Å². The molecule has 10 rings (SSSR count). The highest BCUT2D eigenvalue weighted by molar-refractivity contribution is 6.13. The van der Waals surface area contributed by atoms with Gasteiger partial charge in [0.2, 0.25) is 5.89 Å². The first kappa shape index (κ1) is 25.9. The van der Waals surface area contributed by atoms with Gasteiger partial charge in [0.25, 0.3) is 0 Å². The first-order valence-corrected chi connectivity index (χ1v) is 15.9. The van der Waals surface area contributed by atoms with E-state index in [9.17, 15) is 0 Å². The topological polar surface area (TPSA) is 35.9 Å². The molecule has 0 bridgehead atoms. The van der Waals surface area contributed by atoms with Crippen LogP contribution in [-0.2, 0) is 0 Å². The Hall–Kier alpha value is -6.39. The molecule has 0 aliphatic carbocycles. The SMILES string of the molecule is c1ccc(-n2c3ccccc3c3cc(-c4ccc5nc(-c6cccc7c8ccccc8n(-c8ccccc8)c67)oc5c4)ccc32)cc1. The molecule has 0 aliphatic heterocycles. The number of aromatic nitrogens is 3. The number of hydrogen-bond donors (Lipinski definition) is 0. The summed E-state index contributed by atoms with van der Waals surface area (Å²) in [5.74, 6) is 0.615. The van der Waals surface area contributed by atoms with Crippen molar-refractivity contribution in [2.24, 2.45) is 0 Å². The van der Waals surface area contributed by atoms with Crippen LogP contribution >= 0.6 is 0 Å². The lowest BCUT2D eigenvalue weighted by atomic mass is 10.0. The Bertz CT molecular complexity index is 2780. The van der Waals surface area contributed by atoms with Crippen molar-refractivity contribution in [3.05, 3.63) is 164 Å². The number of benzene rings is 7. The lowest BCUT2D eigenvalue weighted by Gasteiger charge is -2.09. The van der Waals surface area contributed by atoms with Gasteiger partial charge in [0, 0.05) is 32.9 Å². The van der Waals surface area contributed by atoms with Crippen LogP contribution in [0.5, 0.6) is 0 Å². The quantitative estimate of drug-likeness (QED) is 0.201. The molecule has 0 spiro atoms. The summed E-state index contributed by atoms with van der Waals surface area (Å²) in [4.78, 5) is 5.02. The Labute approximate surface area is 270 Å². The standard InChI is InChI=1S/C43H27N3O/c1-3-12-30(13-4-1)45-38-20-9-8-17-33(38)36-26-28(23-25-40(36)45)29-22-24-37-41(27-29)47-43(44-37)35-19-11-18-34-32-16-7-10-21-39(32)46(42(34)35)31-14-5-2-6-15-31/h1-27H. The molecular weight excluding hydrogens is 574 g/mol. The van der Waals surface area contributed by atoms with Gasteiger partial charge in [0.05, 0.1) is 27.6 Å². The second-order valence-electron chi connectivity index (χ2n) is 12.0. The molecule has 4 nitrogen and oxygen atoms in total. The van der Waals surface area contributed by atoms with Crippen LogP contribution in [0.4, 0.5) is 0 Å². The second kappa shape index (κ2) is 10.1. The van der Waals surface area contributed by atoms with E-state index in [4.69, 9.17) is 9.40 Å². The molecular formula is C43H27N3O. The number of rotatable bonds is 4. The fraction of sp³-hybridized carbons (Fsp3) is 0. The maximum atomic E-state index is 6.60. The first-order valence-electron chi connectivity index (χ1n) is 15.9. The first-order chi connectivity index (χ1) is 23.3. The Kier molecular flexibility index (Phi) is 5.54. The third-order valence-corrected chi connectivity index (χ3v) is 9.35. The average molecular weight is 602 g/mol. The summed E-state index contributed by atoms with van der Waals surface area (Å²) in [5.41, 5.74) is 11.7. The summed E-state index contributed by atoms with van der Waals surface area (Å²) >= 11 is 0. The Balaban J connectivity index is 1.13. The minimum absolute atomic E-state index is 0.615. The summed E-state index contributed by atoms with van der Waals surface area (Å²) in [6, 6.07) is 57.7. The number of hydrogen-bond acceptors (Lipinski definition) is 2. The van der Waals surface area contributed by atoms with Gasteiger partial charge in [-0.3, -0.25) is 0 Å². The molecule has 47 heavy (non-hydrogen) atoms. The van der Waals surface area contributed by atoms with Crippen molar-refractivity contribution in [2.75, 3.05) is 0 Å². The highest BCUT2D eigenvalue weighted by Crippen LogP contribution is 2.40. The molecule has 4 heteroatoms. The van der Waals surface area contributed by atoms with Gasteiger partial charge in [0.15, 0.2) is 5.58 Å². The lowest BCUT2D eigenvalue weighted by Crippen LogP contribution is -1.95. The third-order valence-electron chi connectivity index (χ3n) is 9.35. The zero-order valence-electron chi connectivity index (χ0n) is 25.3. The molecule has 7 aromatic carbocycles. The van der Waals surface area contributed by atoms with Crippen molar-refractivity contribution in [2.45, 2.75) is 0 Å². The summed E-state index contributed by atoms with van der Waals surface area (Å²) < 4.78 is 11.3. The molecule has 3 heterocycles. The fourth-order valence-corrected chi connectivity index (χ4v) is 7.26. The third kappa shape index (κ3) is 3.92. The molecule has 0 unspecified atom stereocenters. The van der Waals surface area contributed by atoms with E-state index in [1.54, 1.807) is 0 Å². The predicted octanol–water partition coefficient (Wildman–Crippen LogP) is 11.4. The average Bonchev–Trinajstić information content (AvgIpc) is 3.82. The van der Waals surface area contributed by atoms with Gasteiger partial charge >= 0.3 is 0 Å². The molecule has 0 amide bonds. The summed E-state index contributed by atoms with van der Waals surface area (Å²) in [6.45, 7) is 0. The van der Waals surface area contributed by atoms with Crippen LogP contribution in [0, 0.1) is 0 Å². The van der Waals surface area contributed by atoms with Crippen molar-refractivity contribution >= 4 is 54.7 Å². The van der Waals surface area contributed by atoms with E-state index in [1.165, 1.54) is 32.6 Å². The van der Waals surface area contributed by atoms with E-state index in [1.807, 2.05) is 0 Å². The largest absolute Gasteiger partial charge is 0.436 e. The predicted molar refractivity (Wildman–Crippen MR) is 194 cm³/mol. The van der Waals surface area contributed by atoms with Crippen LogP contribution in [0.25, 0.3) is 88.7 Å². The maximum Gasteiger partial charge on any atom is 0.229 e. The minimum Gasteiger partial charge on any atom is -0.436 e. The van der Waals surface area contributed by atoms with Crippen molar-refractivity contribution < 1.29 is 4.42 Å². The zero-order valence-corrected chi connectivity index (χ0v) is 25.3. The van der Waals surface area contributed by atoms with Crippen molar-refractivity contribution in [1.29, 1.82) is 0 Å². The zero-order chi connectivity index (χ0) is 30.9. The van der Waals surface area contributed by atoms with E-state index >= 15 is 0 Å². The Morgan fingerprint density at radius 1 is 0.426 bits per heavy atom. The normalized spacial score (nSPS) is 11.8. The molecule has 0 radical (unpaired) electrons. The van der Waals surface area contributed by atoms with Crippen LogP contribution in [-0.4, -0.2) is 14.1 Å². The van der Waals surface area contributed by atoms with E-state index in [2.05, 4.69) is 173 Å². The number of para-hydroxylation sites is 5. The number of fused-ring (bicyclic) bond motifs is 7. The van der Waals surface area contributed by atoms with Gasteiger partial charge in [-0.2, -0.15) is 0 Å². The van der Waals surface area contributed by atoms with Gasteiger partial charge in [0.1, 0.15) is 5.52 Å². The van der Waals surface area contributed by atoms with E-state index < -0.39 is 0 Å². The Morgan fingerprint density at radius 2 is 1.00 bits per heavy atom. The Morgan fingerprint density at radius 3 is 1.77 bits per heavy atom. The van der Waals surface area contributed by atoms with Gasteiger partial charge in [-0.1, -0.05) is 97.1 Å². The highest BCUT2D eigenvalue weighted by Gasteiger charge is 2.20. The molecule has 3 aromatic heterocycles. The van der Waals surface area contributed by atoms with Gasteiger partial charge in [-0.25, -0.2) is 4.98 Å². The smallest absolute Gasteiger partial charge is 0.229 e. The monoisotopic (exact) mass is 601 g/mol. The highest BCUT2D eigenvalue weighted by atomic mass is 16.3. The van der Waals surface area contributed by atoms with Crippen LogP contribution in [0.3, 0.4) is 0 Å². The molecule has 0 aliphatic rings. The molecule has 0 saturated carbocycles. The van der Waals surface area contributed by atoms with Crippen molar-refractivity contribution in [1.82, 2.24) is 14.1 Å². The molecule has 0 saturated heterocycles. The number of oxazole rings is 1. The number of nitrogens with zero attached hydrogens (tertiary/aromatic N) is 3. The molecule has 10 aromatic rings.